The molecule has 2 atom stereocenters. The van der Waals surface area contributed by atoms with E-state index >= 15 is 0 Å². The van der Waals surface area contributed by atoms with Gasteiger partial charge in [-0.1, -0.05) is 45.0 Å². The highest BCUT2D eigenvalue weighted by atomic mass is 16.5. The second-order valence-corrected chi connectivity index (χ2v) is 10.7. The third-order valence-electron chi connectivity index (χ3n) is 7.02. The lowest BCUT2D eigenvalue weighted by molar-refractivity contribution is -0.137. The van der Waals surface area contributed by atoms with Crippen LogP contribution in [0.4, 0.5) is 4.79 Å². The Balaban J connectivity index is 1.36. The summed E-state index contributed by atoms with van der Waals surface area (Å²) in [5.41, 5.74) is 1.27. The Labute approximate surface area is 196 Å². The molecule has 4 rings (SSSR count). The molecule has 3 fully saturated rings. The summed E-state index contributed by atoms with van der Waals surface area (Å²) in [5, 5.41) is 5.84. The molecule has 33 heavy (non-hydrogen) atoms. The van der Waals surface area contributed by atoms with Crippen LogP contribution < -0.4 is 10.6 Å². The van der Waals surface area contributed by atoms with Gasteiger partial charge < -0.3 is 15.4 Å². The average molecular weight is 457 g/mol. The van der Waals surface area contributed by atoms with Crippen LogP contribution in [-0.4, -0.2) is 66.0 Å². The van der Waals surface area contributed by atoms with Gasteiger partial charge in [0, 0.05) is 26.2 Å². The number of morpholine rings is 1. The van der Waals surface area contributed by atoms with E-state index < -0.39 is 11.6 Å². The third-order valence-corrected chi connectivity index (χ3v) is 7.02. The summed E-state index contributed by atoms with van der Waals surface area (Å²) in [6.07, 6.45) is 2.23. The maximum Gasteiger partial charge on any atom is 0.325 e. The molecule has 2 aliphatic heterocycles. The first-order valence-corrected chi connectivity index (χ1v) is 12.0. The van der Waals surface area contributed by atoms with E-state index in [4.69, 9.17) is 4.74 Å². The Morgan fingerprint density at radius 2 is 1.85 bits per heavy atom. The molecule has 1 aliphatic carbocycles. The largest absolute Gasteiger partial charge is 0.379 e. The number of imide groups is 1. The molecule has 180 valence electrons. The number of nitrogens with one attached hydrogen (secondary N) is 2. The molecule has 3 aliphatic rings. The summed E-state index contributed by atoms with van der Waals surface area (Å²) in [5.74, 6) is -0.274. The van der Waals surface area contributed by atoms with Crippen LogP contribution in [0.3, 0.4) is 0 Å². The Kier molecular flexibility index (Phi) is 6.77. The van der Waals surface area contributed by atoms with Gasteiger partial charge in [-0.3, -0.25) is 19.4 Å². The molecular formula is C25H36N4O4. The molecule has 4 amide bonds. The molecule has 1 spiro atoms. The lowest BCUT2D eigenvalue weighted by Gasteiger charge is -2.43. The van der Waals surface area contributed by atoms with Crippen molar-refractivity contribution in [1.82, 2.24) is 20.4 Å². The molecule has 2 heterocycles. The number of rotatable bonds is 6. The fourth-order valence-electron chi connectivity index (χ4n) is 5.93. The van der Waals surface area contributed by atoms with Crippen LogP contribution in [0.15, 0.2) is 24.3 Å². The van der Waals surface area contributed by atoms with Crippen molar-refractivity contribution in [2.24, 2.45) is 11.3 Å². The maximum absolute atomic E-state index is 13.3. The van der Waals surface area contributed by atoms with Gasteiger partial charge in [0.25, 0.3) is 5.91 Å². The van der Waals surface area contributed by atoms with Crippen LogP contribution in [0, 0.1) is 11.3 Å². The number of benzene rings is 1. The van der Waals surface area contributed by atoms with Crippen LogP contribution in [-0.2, 0) is 27.4 Å². The SMILES string of the molecule is C[C@@H]1CC(C)(C)C[C@]2(C1)NC(=O)N(CC(=O)NCc1ccccc1CN1CCOCC1)C2=O. The monoisotopic (exact) mass is 456 g/mol. The summed E-state index contributed by atoms with van der Waals surface area (Å²) in [6, 6.07) is 7.57. The van der Waals surface area contributed by atoms with Gasteiger partial charge in [0.1, 0.15) is 12.1 Å². The minimum Gasteiger partial charge on any atom is -0.379 e. The summed E-state index contributed by atoms with van der Waals surface area (Å²) < 4.78 is 5.42. The number of urea groups is 1. The second kappa shape index (κ2) is 9.43. The first-order chi connectivity index (χ1) is 15.7. The van der Waals surface area contributed by atoms with Gasteiger partial charge in [0.2, 0.25) is 5.91 Å². The van der Waals surface area contributed by atoms with Crippen molar-refractivity contribution in [2.75, 3.05) is 32.8 Å². The van der Waals surface area contributed by atoms with E-state index in [0.717, 1.165) is 55.3 Å². The zero-order chi connectivity index (χ0) is 23.6. The molecule has 2 saturated heterocycles. The molecule has 0 bridgehead atoms. The van der Waals surface area contributed by atoms with Crippen LogP contribution in [0.2, 0.25) is 0 Å². The summed E-state index contributed by atoms with van der Waals surface area (Å²) >= 11 is 0. The van der Waals surface area contributed by atoms with Gasteiger partial charge in [0.15, 0.2) is 0 Å². The lowest BCUT2D eigenvalue weighted by atomic mass is 9.64. The van der Waals surface area contributed by atoms with E-state index in [0.29, 0.717) is 25.3 Å². The topological polar surface area (TPSA) is 91.0 Å². The van der Waals surface area contributed by atoms with Gasteiger partial charge in [-0.15, -0.1) is 0 Å². The highest BCUT2D eigenvalue weighted by Gasteiger charge is 2.56. The standard InChI is InChI=1S/C25H36N4O4/c1-18-12-24(2,3)17-25(13-18)22(31)29(23(32)27-25)16-21(30)26-14-19-6-4-5-7-20(19)15-28-8-10-33-11-9-28/h4-7,18H,8-17H2,1-3H3,(H,26,30)(H,27,32)/t18-,25+/m1/s1. The first kappa shape index (κ1) is 23.7. The van der Waals surface area contributed by atoms with Crippen LogP contribution >= 0.6 is 0 Å². The Morgan fingerprint density at radius 3 is 2.55 bits per heavy atom. The quantitative estimate of drug-likeness (QED) is 0.641. The predicted molar refractivity (Wildman–Crippen MR) is 124 cm³/mol. The van der Waals surface area contributed by atoms with E-state index in [-0.39, 0.29) is 23.8 Å². The molecule has 0 aromatic heterocycles. The highest BCUT2D eigenvalue weighted by molar-refractivity contribution is 6.09. The smallest absolute Gasteiger partial charge is 0.325 e. The number of carbonyl (C=O) groups is 3. The number of amides is 4. The molecule has 1 aromatic carbocycles. The highest BCUT2D eigenvalue weighted by Crippen LogP contribution is 2.46. The van der Waals surface area contributed by atoms with Crippen molar-refractivity contribution in [3.63, 3.8) is 0 Å². The van der Waals surface area contributed by atoms with Gasteiger partial charge >= 0.3 is 6.03 Å². The molecule has 1 saturated carbocycles. The number of hydrogen-bond acceptors (Lipinski definition) is 5. The third kappa shape index (κ3) is 5.38. The normalized spacial score (nSPS) is 27.6. The summed E-state index contributed by atoms with van der Waals surface area (Å²) in [4.78, 5) is 42.1. The van der Waals surface area contributed by atoms with Crippen molar-refractivity contribution in [3.8, 4) is 0 Å². The zero-order valence-electron chi connectivity index (χ0n) is 20.0. The van der Waals surface area contributed by atoms with Crippen LogP contribution in [0.5, 0.6) is 0 Å². The molecule has 0 radical (unpaired) electrons. The van der Waals surface area contributed by atoms with Crippen LogP contribution in [0.25, 0.3) is 0 Å². The van der Waals surface area contributed by atoms with Crippen molar-refractivity contribution >= 4 is 17.8 Å². The van der Waals surface area contributed by atoms with Crippen LogP contribution in [0.1, 0.15) is 51.2 Å². The van der Waals surface area contributed by atoms with Gasteiger partial charge in [-0.25, -0.2) is 4.79 Å². The number of nitrogens with zero attached hydrogens (tertiary/aromatic N) is 2. The first-order valence-electron chi connectivity index (χ1n) is 12.0. The minimum atomic E-state index is -0.886. The molecule has 0 unspecified atom stereocenters. The number of carbonyl (C=O) groups excluding carboxylic acids is 3. The zero-order valence-corrected chi connectivity index (χ0v) is 20.0. The van der Waals surface area contributed by atoms with Crippen molar-refractivity contribution < 1.29 is 19.1 Å². The second-order valence-electron chi connectivity index (χ2n) is 10.7. The molecule has 1 aromatic rings. The van der Waals surface area contributed by atoms with E-state index in [1.807, 2.05) is 18.2 Å². The van der Waals surface area contributed by atoms with Gasteiger partial charge in [0.05, 0.1) is 13.2 Å². The number of ether oxygens (including phenoxy) is 1. The molecule has 2 N–H and O–H groups in total. The van der Waals surface area contributed by atoms with E-state index in [9.17, 15) is 14.4 Å². The Bertz CT molecular complexity index is 911. The lowest BCUT2D eigenvalue weighted by Crippen LogP contribution is -2.54. The van der Waals surface area contributed by atoms with Crippen molar-refractivity contribution in [1.29, 1.82) is 0 Å². The van der Waals surface area contributed by atoms with E-state index in [1.165, 1.54) is 0 Å². The Morgan fingerprint density at radius 1 is 1.15 bits per heavy atom. The fourth-order valence-corrected chi connectivity index (χ4v) is 5.93. The van der Waals surface area contributed by atoms with Crippen molar-refractivity contribution in [2.45, 2.75) is 58.7 Å². The van der Waals surface area contributed by atoms with E-state index in [2.05, 4.69) is 42.4 Å². The fraction of sp³-hybridized carbons (Fsp3) is 0.640. The van der Waals surface area contributed by atoms with Gasteiger partial charge in [-0.2, -0.15) is 0 Å². The minimum absolute atomic E-state index is 0.0386. The molecule has 8 nitrogen and oxygen atoms in total. The van der Waals surface area contributed by atoms with E-state index in [1.54, 1.807) is 0 Å². The summed E-state index contributed by atoms with van der Waals surface area (Å²) in [7, 11) is 0. The molecule has 8 heteroatoms. The van der Waals surface area contributed by atoms with Crippen molar-refractivity contribution in [3.05, 3.63) is 35.4 Å². The molecular weight excluding hydrogens is 420 g/mol. The maximum atomic E-state index is 13.3. The summed E-state index contributed by atoms with van der Waals surface area (Å²) in [6.45, 7) is 10.6. The Hall–Kier alpha value is -2.45. The number of hydrogen-bond donors (Lipinski definition) is 2. The predicted octanol–water partition coefficient (Wildman–Crippen LogP) is 2.27. The van der Waals surface area contributed by atoms with Gasteiger partial charge in [-0.05, 0) is 41.7 Å². The average Bonchev–Trinajstić information content (AvgIpc) is 2.95.